The zero-order chi connectivity index (χ0) is 16.5. The zero-order valence-electron chi connectivity index (χ0n) is 14.1. The number of benzene rings is 3. The fourth-order valence-electron chi connectivity index (χ4n) is 3.44. The lowest BCUT2D eigenvalue weighted by Crippen LogP contribution is -2.32. The first-order valence-corrected chi connectivity index (χ1v) is 8.33. The Bertz CT molecular complexity index is 910. The van der Waals surface area contributed by atoms with E-state index < -0.39 is 0 Å². The molecule has 3 aromatic carbocycles. The van der Waals surface area contributed by atoms with Gasteiger partial charge in [0.1, 0.15) is 0 Å². The van der Waals surface area contributed by atoms with Crippen molar-refractivity contribution in [1.29, 1.82) is 0 Å². The molecule has 0 bridgehead atoms. The molecule has 0 N–H and O–H groups in total. The van der Waals surface area contributed by atoms with Gasteiger partial charge in [0.15, 0.2) is 6.21 Å². The van der Waals surface area contributed by atoms with Crippen LogP contribution in [0.25, 0.3) is 0 Å². The van der Waals surface area contributed by atoms with Crippen LogP contribution in [-0.2, 0) is 0 Å². The number of fused-ring (bicyclic) bond motifs is 1. The third-order valence-corrected chi connectivity index (χ3v) is 4.62. The molecule has 1 aliphatic rings. The number of aryl methyl sites for hydroxylation is 2. The lowest BCUT2D eigenvalue weighted by atomic mass is 10.0. The lowest BCUT2D eigenvalue weighted by molar-refractivity contribution is -0.434. The van der Waals surface area contributed by atoms with Gasteiger partial charge in [0.05, 0.1) is 11.3 Å². The van der Waals surface area contributed by atoms with Crippen LogP contribution in [0, 0.1) is 13.8 Å². The van der Waals surface area contributed by atoms with E-state index in [4.69, 9.17) is 0 Å². The highest BCUT2D eigenvalue weighted by molar-refractivity contribution is 5.90. The van der Waals surface area contributed by atoms with Gasteiger partial charge in [0.2, 0.25) is 12.4 Å². The Hall–Kier alpha value is -2.87. The van der Waals surface area contributed by atoms with E-state index in [9.17, 15) is 0 Å². The summed E-state index contributed by atoms with van der Waals surface area (Å²) in [5.74, 6) is 0. The molecule has 0 saturated carbocycles. The van der Waals surface area contributed by atoms with Crippen molar-refractivity contribution in [2.24, 2.45) is 0 Å². The standard InChI is InChI=1S/C22H21N2/c1-17-9-6-7-14-21(17)23-15-19-11-8-10-18(2)22(19)24(16-23)20-12-4-3-5-13-20/h3-15H,16H2,1-2H3/q+1. The van der Waals surface area contributed by atoms with Crippen LogP contribution in [0.5, 0.6) is 0 Å². The Balaban J connectivity index is 1.90. The molecule has 0 saturated heterocycles. The second-order valence-electron chi connectivity index (χ2n) is 6.30. The fraction of sp³-hybridized carbons (Fsp3) is 0.136. The predicted octanol–water partition coefficient (Wildman–Crippen LogP) is 5.18. The minimum absolute atomic E-state index is 0.812. The SMILES string of the molecule is Cc1ccccc1[N+]1=Cc2cccc(C)c2N(c2ccccc2)C1. The van der Waals surface area contributed by atoms with Crippen molar-refractivity contribution in [1.82, 2.24) is 0 Å². The van der Waals surface area contributed by atoms with Crippen LogP contribution >= 0.6 is 0 Å². The maximum Gasteiger partial charge on any atom is 0.228 e. The highest BCUT2D eigenvalue weighted by atomic mass is 15.3. The zero-order valence-corrected chi connectivity index (χ0v) is 14.1. The molecule has 0 aliphatic carbocycles. The van der Waals surface area contributed by atoms with E-state index in [1.165, 1.54) is 33.8 Å². The van der Waals surface area contributed by atoms with Crippen LogP contribution in [0.2, 0.25) is 0 Å². The molecule has 24 heavy (non-hydrogen) atoms. The van der Waals surface area contributed by atoms with Gasteiger partial charge in [-0.05, 0) is 37.6 Å². The number of para-hydroxylation sites is 3. The van der Waals surface area contributed by atoms with Gasteiger partial charge in [-0.2, -0.15) is 4.58 Å². The van der Waals surface area contributed by atoms with Crippen LogP contribution < -0.4 is 4.90 Å². The summed E-state index contributed by atoms with van der Waals surface area (Å²) in [5, 5.41) is 0. The molecule has 1 aliphatic heterocycles. The molecule has 0 fully saturated rings. The molecule has 0 atom stereocenters. The highest BCUT2D eigenvalue weighted by Crippen LogP contribution is 2.34. The second-order valence-corrected chi connectivity index (χ2v) is 6.30. The van der Waals surface area contributed by atoms with Crippen LogP contribution in [0.4, 0.5) is 17.1 Å². The maximum absolute atomic E-state index is 2.40. The molecule has 4 rings (SSSR count). The Morgan fingerprint density at radius 3 is 2.25 bits per heavy atom. The topological polar surface area (TPSA) is 6.25 Å². The van der Waals surface area contributed by atoms with Crippen LogP contribution in [0.3, 0.4) is 0 Å². The highest BCUT2D eigenvalue weighted by Gasteiger charge is 2.27. The number of rotatable bonds is 2. The van der Waals surface area contributed by atoms with Crippen molar-refractivity contribution in [2.75, 3.05) is 11.6 Å². The van der Waals surface area contributed by atoms with Gasteiger partial charge >= 0.3 is 0 Å². The fourth-order valence-corrected chi connectivity index (χ4v) is 3.44. The monoisotopic (exact) mass is 313 g/mol. The van der Waals surface area contributed by atoms with Crippen molar-refractivity contribution < 1.29 is 4.58 Å². The number of hydrogen-bond acceptors (Lipinski definition) is 1. The first kappa shape index (κ1) is 14.7. The quantitative estimate of drug-likeness (QED) is 0.591. The van der Waals surface area contributed by atoms with E-state index in [1.807, 2.05) is 0 Å². The Morgan fingerprint density at radius 1 is 0.750 bits per heavy atom. The normalized spacial score (nSPS) is 13.4. The van der Waals surface area contributed by atoms with Crippen molar-refractivity contribution in [3.05, 3.63) is 89.5 Å². The van der Waals surface area contributed by atoms with Crippen LogP contribution in [-0.4, -0.2) is 17.5 Å². The molecule has 3 aromatic rings. The third-order valence-electron chi connectivity index (χ3n) is 4.62. The number of anilines is 2. The van der Waals surface area contributed by atoms with Gasteiger partial charge in [0.25, 0.3) is 0 Å². The van der Waals surface area contributed by atoms with E-state index in [1.54, 1.807) is 0 Å². The predicted molar refractivity (Wildman–Crippen MR) is 101 cm³/mol. The van der Waals surface area contributed by atoms with Crippen molar-refractivity contribution >= 4 is 23.3 Å². The summed E-state index contributed by atoms with van der Waals surface area (Å²) in [7, 11) is 0. The molecule has 0 amide bonds. The van der Waals surface area contributed by atoms with Gasteiger partial charge in [-0.1, -0.05) is 48.5 Å². The summed E-state index contributed by atoms with van der Waals surface area (Å²) in [6.07, 6.45) is 2.27. The smallest absolute Gasteiger partial charge is 0.228 e. The minimum Gasteiger partial charge on any atom is -0.285 e. The Kier molecular flexibility index (Phi) is 3.66. The molecule has 118 valence electrons. The summed E-state index contributed by atoms with van der Waals surface area (Å²) in [4.78, 5) is 2.40. The number of hydrogen-bond donors (Lipinski definition) is 0. The lowest BCUT2D eigenvalue weighted by Gasteiger charge is -2.29. The Morgan fingerprint density at radius 2 is 1.46 bits per heavy atom. The molecule has 0 radical (unpaired) electrons. The molecule has 2 heteroatoms. The van der Waals surface area contributed by atoms with Crippen LogP contribution in [0.15, 0.2) is 72.8 Å². The molecule has 2 nitrogen and oxygen atoms in total. The van der Waals surface area contributed by atoms with Gasteiger partial charge in [-0.3, -0.25) is 4.90 Å². The summed E-state index contributed by atoms with van der Waals surface area (Å²) >= 11 is 0. The average molecular weight is 313 g/mol. The van der Waals surface area contributed by atoms with Crippen LogP contribution in [0.1, 0.15) is 16.7 Å². The van der Waals surface area contributed by atoms with Crippen molar-refractivity contribution in [3.8, 4) is 0 Å². The minimum atomic E-state index is 0.812. The van der Waals surface area contributed by atoms with Gasteiger partial charge in [-0.25, -0.2) is 0 Å². The largest absolute Gasteiger partial charge is 0.285 e. The average Bonchev–Trinajstić information content (AvgIpc) is 2.62. The molecule has 0 spiro atoms. The summed E-state index contributed by atoms with van der Waals surface area (Å²) in [6.45, 7) is 5.17. The summed E-state index contributed by atoms with van der Waals surface area (Å²) < 4.78 is 2.34. The van der Waals surface area contributed by atoms with Gasteiger partial charge in [-0.15, -0.1) is 0 Å². The second kappa shape index (κ2) is 5.97. The van der Waals surface area contributed by atoms with E-state index in [0.29, 0.717) is 0 Å². The van der Waals surface area contributed by atoms with E-state index >= 15 is 0 Å². The molecule has 1 heterocycles. The van der Waals surface area contributed by atoms with E-state index in [0.717, 1.165) is 6.67 Å². The summed E-state index contributed by atoms with van der Waals surface area (Å²) in [5.41, 5.74) is 7.63. The molecular weight excluding hydrogens is 292 g/mol. The molecule has 0 unspecified atom stereocenters. The maximum atomic E-state index is 2.40. The van der Waals surface area contributed by atoms with Crippen molar-refractivity contribution in [2.45, 2.75) is 13.8 Å². The first-order chi connectivity index (χ1) is 11.7. The third kappa shape index (κ3) is 2.50. The number of nitrogens with zero attached hydrogens (tertiary/aromatic N) is 2. The summed E-state index contributed by atoms with van der Waals surface area (Å²) in [6, 6.07) is 25.7. The van der Waals surface area contributed by atoms with Gasteiger partial charge in [0, 0.05) is 17.3 Å². The van der Waals surface area contributed by atoms with E-state index in [2.05, 4.69) is 102 Å². The Labute approximate surface area is 143 Å². The molecular formula is C22H21N2+. The molecule has 0 aromatic heterocycles. The first-order valence-electron chi connectivity index (χ1n) is 8.33. The van der Waals surface area contributed by atoms with Crippen molar-refractivity contribution in [3.63, 3.8) is 0 Å². The van der Waals surface area contributed by atoms with Gasteiger partial charge < -0.3 is 0 Å². The van der Waals surface area contributed by atoms with E-state index in [-0.39, 0.29) is 0 Å².